The lowest BCUT2D eigenvalue weighted by molar-refractivity contribution is 1.05. The SMILES string of the molecule is Cc1n[nH]cc1[Si](C)(c1c[nH]nc1C)c1c[nH]nc1C. The first-order valence-corrected chi connectivity index (χ1v) is 9.07. The maximum Gasteiger partial charge on any atom is 0.158 e. The summed E-state index contributed by atoms with van der Waals surface area (Å²) in [6, 6.07) is 0. The van der Waals surface area contributed by atoms with Gasteiger partial charge in [-0.25, -0.2) is 0 Å². The van der Waals surface area contributed by atoms with Gasteiger partial charge >= 0.3 is 0 Å². The van der Waals surface area contributed by atoms with Crippen LogP contribution in [-0.4, -0.2) is 38.7 Å². The van der Waals surface area contributed by atoms with Gasteiger partial charge in [0.15, 0.2) is 8.07 Å². The summed E-state index contributed by atoms with van der Waals surface area (Å²) in [5.74, 6) is 0. The van der Waals surface area contributed by atoms with E-state index in [1.54, 1.807) is 0 Å². The molecule has 0 fully saturated rings. The molecule has 0 aliphatic rings. The smallest absolute Gasteiger partial charge is 0.158 e. The highest BCUT2D eigenvalue weighted by atomic mass is 28.3. The van der Waals surface area contributed by atoms with Crippen molar-refractivity contribution in [2.45, 2.75) is 27.3 Å². The Bertz CT molecular complexity index is 639. The van der Waals surface area contributed by atoms with Crippen LogP contribution in [0.5, 0.6) is 0 Å². The average molecular weight is 286 g/mol. The summed E-state index contributed by atoms with van der Waals surface area (Å²) >= 11 is 0. The molecular formula is C13H18N6Si. The Morgan fingerprint density at radius 1 is 0.700 bits per heavy atom. The van der Waals surface area contributed by atoms with Crippen molar-refractivity contribution in [2.75, 3.05) is 0 Å². The Labute approximate surface area is 118 Å². The van der Waals surface area contributed by atoms with Crippen LogP contribution >= 0.6 is 0 Å². The van der Waals surface area contributed by atoms with Crippen LogP contribution in [0.15, 0.2) is 18.6 Å². The highest BCUT2D eigenvalue weighted by Crippen LogP contribution is 2.10. The fourth-order valence-corrected chi connectivity index (χ4v) is 7.30. The molecule has 3 aromatic rings. The molecule has 0 aromatic carbocycles. The summed E-state index contributed by atoms with van der Waals surface area (Å²) in [6.07, 6.45) is 6.04. The van der Waals surface area contributed by atoms with Crippen molar-refractivity contribution in [3.8, 4) is 0 Å². The number of aromatic nitrogens is 6. The highest BCUT2D eigenvalue weighted by Gasteiger charge is 2.40. The highest BCUT2D eigenvalue weighted by molar-refractivity contribution is 7.11. The van der Waals surface area contributed by atoms with E-state index in [9.17, 15) is 0 Å². The Morgan fingerprint density at radius 2 is 1.00 bits per heavy atom. The molecule has 0 amide bonds. The molecule has 6 nitrogen and oxygen atoms in total. The molecule has 0 radical (unpaired) electrons. The number of H-pyrrole nitrogens is 3. The lowest BCUT2D eigenvalue weighted by atomic mass is 10.5. The topological polar surface area (TPSA) is 86.0 Å². The molecule has 3 N–H and O–H groups in total. The third kappa shape index (κ3) is 1.66. The molecule has 0 atom stereocenters. The van der Waals surface area contributed by atoms with E-state index < -0.39 is 8.07 Å². The van der Waals surface area contributed by atoms with Gasteiger partial charge in [-0.05, 0) is 36.3 Å². The van der Waals surface area contributed by atoms with Crippen molar-refractivity contribution in [1.29, 1.82) is 0 Å². The minimum atomic E-state index is -2.14. The third-order valence-electron chi connectivity index (χ3n) is 4.11. The second-order valence-electron chi connectivity index (χ2n) is 5.28. The number of aromatic amines is 3. The fourth-order valence-electron chi connectivity index (χ4n) is 3.03. The molecule has 3 rings (SSSR count). The first kappa shape index (κ1) is 12.9. The van der Waals surface area contributed by atoms with Gasteiger partial charge in [-0.1, -0.05) is 6.55 Å². The van der Waals surface area contributed by atoms with E-state index in [1.165, 1.54) is 15.6 Å². The predicted octanol–water partition coefficient (Wildman–Crippen LogP) is -0.119. The zero-order valence-electron chi connectivity index (χ0n) is 12.1. The van der Waals surface area contributed by atoms with Gasteiger partial charge in [-0.15, -0.1) is 0 Å². The van der Waals surface area contributed by atoms with E-state index in [2.05, 4.69) is 37.1 Å². The summed E-state index contributed by atoms with van der Waals surface area (Å²) in [5, 5.41) is 25.7. The zero-order valence-corrected chi connectivity index (χ0v) is 13.1. The van der Waals surface area contributed by atoms with Gasteiger partial charge < -0.3 is 0 Å². The third-order valence-corrected chi connectivity index (χ3v) is 8.86. The number of rotatable bonds is 3. The van der Waals surface area contributed by atoms with Crippen LogP contribution in [0, 0.1) is 20.8 Å². The van der Waals surface area contributed by atoms with Crippen molar-refractivity contribution in [3.05, 3.63) is 35.7 Å². The first-order chi connectivity index (χ1) is 9.55. The van der Waals surface area contributed by atoms with Gasteiger partial charge in [0.2, 0.25) is 0 Å². The summed E-state index contributed by atoms with van der Waals surface area (Å²) in [6.45, 7) is 8.45. The van der Waals surface area contributed by atoms with Crippen LogP contribution < -0.4 is 15.6 Å². The van der Waals surface area contributed by atoms with Crippen LogP contribution in [0.3, 0.4) is 0 Å². The maximum absolute atomic E-state index is 4.31. The fraction of sp³-hybridized carbons (Fsp3) is 0.308. The minimum absolute atomic E-state index is 1.04. The van der Waals surface area contributed by atoms with Gasteiger partial charge in [0, 0.05) is 18.6 Å². The lowest BCUT2D eigenvalue weighted by Crippen LogP contribution is -2.66. The van der Waals surface area contributed by atoms with E-state index in [4.69, 9.17) is 0 Å². The van der Waals surface area contributed by atoms with Crippen LogP contribution in [-0.2, 0) is 0 Å². The molecule has 20 heavy (non-hydrogen) atoms. The van der Waals surface area contributed by atoms with Gasteiger partial charge in [-0.2, -0.15) is 15.3 Å². The van der Waals surface area contributed by atoms with E-state index in [1.807, 2.05) is 39.4 Å². The van der Waals surface area contributed by atoms with E-state index >= 15 is 0 Å². The second-order valence-corrected chi connectivity index (χ2v) is 9.14. The van der Waals surface area contributed by atoms with Crippen molar-refractivity contribution in [1.82, 2.24) is 30.6 Å². The molecule has 0 aliphatic heterocycles. The van der Waals surface area contributed by atoms with Gasteiger partial charge in [0.1, 0.15) is 0 Å². The molecule has 0 saturated heterocycles. The number of hydrogen-bond acceptors (Lipinski definition) is 3. The normalized spacial score (nSPS) is 12.0. The summed E-state index contributed by atoms with van der Waals surface area (Å²) < 4.78 is 0. The lowest BCUT2D eigenvalue weighted by Gasteiger charge is -2.26. The van der Waals surface area contributed by atoms with Crippen molar-refractivity contribution < 1.29 is 0 Å². The second kappa shape index (κ2) is 4.45. The predicted molar refractivity (Wildman–Crippen MR) is 80.5 cm³/mol. The monoisotopic (exact) mass is 286 g/mol. The molecule has 0 aliphatic carbocycles. The molecule has 3 aromatic heterocycles. The van der Waals surface area contributed by atoms with Crippen molar-refractivity contribution in [3.63, 3.8) is 0 Å². The van der Waals surface area contributed by atoms with E-state index in [0.29, 0.717) is 0 Å². The maximum atomic E-state index is 4.31. The zero-order chi connectivity index (χ0) is 14.3. The Kier molecular flexibility index (Phi) is 2.86. The molecule has 7 heteroatoms. The average Bonchev–Trinajstić information content (AvgIpc) is 3.10. The number of hydrogen-bond donors (Lipinski definition) is 3. The van der Waals surface area contributed by atoms with Crippen LogP contribution in [0.4, 0.5) is 0 Å². The Balaban J connectivity index is 2.32. The van der Waals surface area contributed by atoms with Crippen LogP contribution in [0.25, 0.3) is 0 Å². The number of aryl methyl sites for hydroxylation is 3. The van der Waals surface area contributed by atoms with Gasteiger partial charge in [0.25, 0.3) is 0 Å². The summed E-state index contributed by atoms with van der Waals surface area (Å²) in [5.41, 5.74) is 3.13. The number of nitrogens with zero attached hydrogens (tertiary/aromatic N) is 3. The molecule has 0 unspecified atom stereocenters. The number of nitrogens with one attached hydrogen (secondary N) is 3. The molecule has 0 bridgehead atoms. The molecular weight excluding hydrogens is 268 g/mol. The largest absolute Gasteiger partial charge is 0.286 e. The van der Waals surface area contributed by atoms with Crippen LogP contribution in [0.1, 0.15) is 17.1 Å². The molecule has 104 valence electrons. The van der Waals surface area contributed by atoms with E-state index in [0.717, 1.165) is 17.1 Å². The molecule has 3 heterocycles. The molecule has 0 saturated carbocycles. The van der Waals surface area contributed by atoms with Crippen molar-refractivity contribution in [2.24, 2.45) is 0 Å². The standard InChI is InChI=1S/C13H18N6Si/c1-8-11(5-14-17-8)20(4,12-6-15-18-9(12)2)13-7-16-19-10(13)3/h5-7H,1-4H3,(H,14,17)(H,15,18)(H,16,19). The van der Waals surface area contributed by atoms with Crippen LogP contribution in [0.2, 0.25) is 6.55 Å². The minimum Gasteiger partial charge on any atom is -0.286 e. The molecule has 0 spiro atoms. The van der Waals surface area contributed by atoms with Gasteiger partial charge in [-0.3, -0.25) is 15.3 Å². The van der Waals surface area contributed by atoms with Gasteiger partial charge in [0.05, 0.1) is 17.1 Å². The Hall–Kier alpha value is -2.15. The summed E-state index contributed by atoms with van der Waals surface area (Å²) in [4.78, 5) is 0. The first-order valence-electron chi connectivity index (χ1n) is 6.57. The quantitative estimate of drug-likeness (QED) is 0.587. The Morgan fingerprint density at radius 3 is 1.20 bits per heavy atom. The van der Waals surface area contributed by atoms with E-state index in [-0.39, 0.29) is 0 Å². The van der Waals surface area contributed by atoms with Crippen molar-refractivity contribution >= 4 is 23.6 Å². The summed E-state index contributed by atoms with van der Waals surface area (Å²) in [7, 11) is -2.14.